The van der Waals surface area contributed by atoms with Crippen molar-refractivity contribution in [2.75, 3.05) is 0 Å². The molecule has 1 heterocycles. The van der Waals surface area contributed by atoms with E-state index in [-0.39, 0.29) is 12.2 Å². The molecule has 1 N–H and O–H groups in total. The summed E-state index contributed by atoms with van der Waals surface area (Å²) in [6.45, 7) is 0. The fraction of sp³-hybridized carbons (Fsp3) is 0.154. The Labute approximate surface area is 104 Å². The van der Waals surface area contributed by atoms with E-state index in [1.807, 2.05) is 0 Å². The molecule has 88 valence electrons. The van der Waals surface area contributed by atoms with E-state index in [1.165, 1.54) is 6.07 Å². The molecule has 0 fully saturated rings. The highest BCUT2D eigenvalue weighted by Crippen LogP contribution is 2.24. The highest BCUT2D eigenvalue weighted by atomic mass is 35.5. The highest BCUT2D eigenvalue weighted by molar-refractivity contribution is 6.31. The maximum atomic E-state index is 13.4. The van der Waals surface area contributed by atoms with E-state index < -0.39 is 6.10 Å². The van der Waals surface area contributed by atoms with Crippen molar-refractivity contribution in [3.8, 4) is 0 Å². The van der Waals surface area contributed by atoms with Gasteiger partial charge in [-0.1, -0.05) is 29.8 Å². The third kappa shape index (κ3) is 2.81. The number of benzene rings is 1. The number of aromatic nitrogens is 1. The van der Waals surface area contributed by atoms with Crippen LogP contribution in [0, 0.1) is 5.82 Å². The summed E-state index contributed by atoms with van der Waals surface area (Å²) < 4.78 is 13.4. The smallest absolute Gasteiger partial charge is 0.126 e. The first-order valence-corrected chi connectivity index (χ1v) is 5.58. The Hall–Kier alpha value is -1.45. The zero-order valence-corrected chi connectivity index (χ0v) is 9.73. The molecular formula is C13H11ClFNO. The monoisotopic (exact) mass is 251 g/mol. The van der Waals surface area contributed by atoms with Crippen LogP contribution in [-0.4, -0.2) is 10.1 Å². The number of hydrogen-bond donors (Lipinski definition) is 1. The molecule has 1 unspecified atom stereocenters. The number of aliphatic hydroxyl groups excluding tert-OH is 1. The molecule has 0 aliphatic carbocycles. The summed E-state index contributed by atoms with van der Waals surface area (Å²) in [5.41, 5.74) is 0.819. The molecule has 1 aromatic heterocycles. The standard InChI is InChI=1S/C13H11ClFNO/c14-10-5-3-7-16-13(10)12(17)8-9-4-1-2-6-11(9)15/h1-7,12,17H,8H2. The van der Waals surface area contributed by atoms with Gasteiger partial charge in [-0.15, -0.1) is 0 Å². The van der Waals surface area contributed by atoms with E-state index in [9.17, 15) is 9.50 Å². The van der Waals surface area contributed by atoms with Gasteiger partial charge in [0.15, 0.2) is 0 Å². The number of pyridine rings is 1. The van der Waals surface area contributed by atoms with E-state index in [0.29, 0.717) is 16.3 Å². The topological polar surface area (TPSA) is 33.1 Å². The lowest BCUT2D eigenvalue weighted by Gasteiger charge is -2.11. The predicted octanol–water partition coefficient (Wildman–Crippen LogP) is 3.15. The minimum Gasteiger partial charge on any atom is -0.386 e. The van der Waals surface area contributed by atoms with Crippen LogP contribution in [0.15, 0.2) is 42.6 Å². The molecule has 0 aliphatic heterocycles. The van der Waals surface area contributed by atoms with Gasteiger partial charge in [0, 0.05) is 12.6 Å². The second-order valence-corrected chi connectivity index (χ2v) is 4.09. The quantitative estimate of drug-likeness (QED) is 0.909. The Morgan fingerprint density at radius 3 is 2.71 bits per heavy atom. The van der Waals surface area contributed by atoms with E-state index in [0.717, 1.165) is 0 Å². The molecule has 0 aliphatic rings. The SMILES string of the molecule is OC(Cc1ccccc1F)c1ncccc1Cl. The molecule has 0 saturated carbocycles. The van der Waals surface area contributed by atoms with Gasteiger partial charge in [-0.2, -0.15) is 0 Å². The number of nitrogens with zero attached hydrogens (tertiary/aromatic N) is 1. The lowest BCUT2D eigenvalue weighted by Crippen LogP contribution is -2.06. The van der Waals surface area contributed by atoms with Crippen LogP contribution in [0.1, 0.15) is 17.4 Å². The van der Waals surface area contributed by atoms with Gasteiger partial charge in [0.1, 0.15) is 11.9 Å². The predicted molar refractivity (Wildman–Crippen MR) is 64.3 cm³/mol. The van der Waals surface area contributed by atoms with Gasteiger partial charge in [0.05, 0.1) is 10.7 Å². The summed E-state index contributed by atoms with van der Waals surface area (Å²) in [5, 5.41) is 10.4. The summed E-state index contributed by atoms with van der Waals surface area (Å²) in [4.78, 5) is 4.00. The van der Waals surface area contributed by atoms with Crippen LogP contribution in [0.3, 0.4) is 0 Å². The first-order chi connectivity index (χ1) is 8.18. The van der Waals surface area contributed by atoms with Crippen molar-refractivity contribution in [3.05, 3.63) is 64.7 Å². The fourth-order valence-corrected chi connectivity index (χ4v) is 1.86. The van der Waals surface area contributed by atoms with Crippen LogP contribution < -0.4 is 0 Å². The van der Waals surface area contributed by atoms with Crippen molar-refractivity contribution in [1.82, 2.24) is 4.98 Å². The molecule has 2 rings (SSSR count). The van der Waals surface area contributed by atoms with E-state index in [2.05, 4.69) is 4.98 Å². The molecule has 0 radical (unpaired) electrons. The molecule has 0 amide bonds. The van der Waals surface area contributed by atoms with E-state index in [4.69, 9.17) is 11.6 Å². The molecule has 1 atom stereocenters. The van der Waals surface area contributed by atoms with Crippen molar-refractivity contribution in [1.29, 1.82) is 0 Å². The second kappa shape index (κ2) is 5.25. The van der Waals surface area contributed by atoms with E-state index in [1.54, 1.807) is 36.5 Å². The summed E-state index contributed by atoms with van der Waals surface area (Å²) >= 11 is 5.91. The van der Waals surface area contributed by atoms with Crippen LogP contribution in [0.4, 0.5) is 4.39 Å². The van der Waals surface area contributed by atoms with Crippen LogP contribution in [0.25, 0.3) is 0 Å². The first kappa shape index (κ1) is 12.0. The van der Waals surface area contributed by atoms with Gasteiger partial charge in [-0.25, -0.2) is 4.39 Å². The first-order valence-electron chi connectivity index (χ1n) is 5.20. The summed E-state index contributed by atoms with van der Waals surface area (Å²) in [7, 11) is 0. The van der Waals surface area contributed by atoms with Crippen molar-refractivity contribution >= 4 is 11.6 Å². The average Bonchev–Trinajstić information content (AvgIpc) is 2.32. The average molecular weight is 252 g/mol. The van der Waals surface area contributed by atoms with Crippen LogP contribution >= 0.6 is 11.6 Å². The zero-order chi connectivity index (χ0) is 12.3. The largest absolute Gasteiger partial charge is 0.386 e. The van der Waals surface area contributed by atoms with Crippen molar-refractivity contribution in [2.24, 2.45) is 0 Å². The van der Waals surface area contributed by atoms with Crippen LogP contribution in [0.2, 0.25) is 5.02 Å². The minimum absolute atomic E-state index is 0.156. The van der Waals surface area contributed by atoms with E-state index >= 15 is 0 Å². The highest BCUT2D eigenvalue weighted by Gasteiger charge is 2.15. The summed E-state index contributed by atoms with van der Waals surface area (Å²) in [6.07, 6.45) is 0.801. The normalized spacial score (nSPS) is 12.4. The molecule has 0 spiro atoms. The van der Waals surface area contributed by atoms with Gasteiger partial charge in [-0.3, -0.25) is 4.98 Å². The molecule has 4 heteroatoms. The zero-order valence-electron chi connectivity index (χ0n) is 8.98. The van der Waals surface area contributed by atoms with Gasteiger partial charge in [-0.05, 0) is 23.8 Å². The third-order valence-corrected chi connectivity index (χ3v) is 2.79. The maximum Gasteiger partial charge on any atom is 0.126 e. The molecule has 2 aromatic rings. The maximum absolute atomic E-state index is 13.4. The second-order valence-electron chi connectivity index (χ2n) is 3.68. The Balaban J connectivity index is 2.20. The van der Waals surface area contributed by atoms with Crippen LogP contribution in [0.5, 0.6) is 0 Å². The molecule has 0 saturated heterocycles. The minimum atomic E-state index is -0.902. The Bertz CT molecular complexity index is 518. The third-order valence-electron chi connectivity index (χ3n) is 2.47. The Morgan fingerprint density at radius 2 is 2.00 bits per heavy atom. The molecular weight excluding hydrogens is 241 g/mol. The summed E-state index contributed by atoms with van der Waals surface area (Å²) in [6, 6.07) is 9.66. The number of hydrogen-bond acceptors (Lipinski definition) is 2. The van der Waals surface area contributed by atoms with Crippen molar-refractivity contribution < 1.29 is 9.50 Å². The Morgan fingerprint density at radius 1 is 1.24 bits per heavy atom. The lowest BCUT2D eigenvalue weighted by molar-refractivity contribution is 0.172. The molecule has 17 heavy (non-hydrogen) atoms. The molecule has 1 aromatic carbocycles. The van der Waals surface area contributed by atoms with Gasteiger partial charge in [0.25, 0.3) is 0 Å². The lowest BCUT2D eigenvalue weighted by atomic mass is 10.0. The molecule has 2 nitrogen and oxygen atoms in total. The molecule has 0 bridgehead atoms. The Kier molecular flexibility index (Phi) is 3.71. The van der Waals surface area contributed by atoms with Crippen molar-refractivity contribution in [2.45, 2.75) is 12.5 Å². The number of rotatable bonds is 3. The van der Waals surface area contributed by atoms with Gasteiger partial charge < -0.3 is 5.11 Å². The van der Waals surface area contributed by atoms with Crippen LogP contribution in [-0.2, 0) is 6.42 Å². The fourth-order valence-electron chi connectivity index (χ4n) is 1.61. The summed E-state index contributed by atoms with van der Waals surface area (Å²) in [5.74, 6) is -0.335. The van der Waals surface area contributed by atoms with Gasteiger partial charge in [0.2, 0.25) is 0 Å². The number of halogens is 2. The number of aliphatic hydroxyl groups is 1. The van der Waals surface area contributed by atoms with Crippen molar-refractivity contribution in [3.63, 3.8) is 0 Å². The van der Waals surface area contributed by atoms with Gasteiger partial charge >= 0.3 is 0 Å².